The van der Waals surface area contributed by atoms with Gasteiger partial charge in [-0.2, -0.15) is 0 Å². The van der Waals surface area contributed by atoms with Crippen molar-refractivity contribution in [3.8, 4) is 5.75 Å². The second-order valence-electron chi connectivity index (χ2n) is 6.66. The van der Waals surface area contributed by atoms with Crippen LogP contribution in [0.5, 0.6) is 5.75 Å². The number of ether oxygens (including phenoxy) is 1. The summed E-state index contributed by atoms with van der Waals surface area (Å²) >= 11 is 0. The molecule has 2 amide bonds. The Kier molecular flexibility index (Phi) is 5.56. The van der Waals surface area contributed by atoms with Crippen molar-refractivity contribution >= 4 is 17.5 Å². The summed E-state index contributed by atoms with van der Waals surface area (Å²) in [6, 6.07) is 11.8. The quantitative estimate of drug-likeness (QED) is 0.840. The number of benzene rings is 2. The van der Waals surface area contributed by atoms with Crippen molar-refractivity contribution < 1.29 is 14.3 Å². The first-order chi connectivity index (χ1) is 12.5. The van der Waals surface area contributed by atoms with E-state index in [1.54, 1.807) is 0 Å². The Balaban J connectivity index is 1.44. The lowest BCUT2D eigenvalue weighted by molar-refractivity contribution is -0.125. The van der Waals surface area contributed by atoms with Gasteiger partial charge in [-0.3, -0.25) is 9.59 Å². The Morgan fingerprint density at radius 2 is 1.73 bits per heavy atom. The number of fused-ring (bicyclic) bond motifs is 1. The molecule has 0 saturated heterocycles. The number of carbonyl (C=O) groups is 2. The Morgan fingerprint density at radius 1 is 1.00 bits per heavy atom. The third-order valence-corrected chi connectivity index (χ3v) is 4.63. The molecule has 2 N–H and O–H groups in total. The fraction of sp³-hybridized carbons (Fsp3) is 0.333. The Morgan fingerprint density at radius 3 is 2.50 bits per heavy atom. The molecule has 1 aliphatic rings. The second-order valence-corrected chi connectivity index (χ2v) is 6.66. The number of rotatable bonds is 6. The number of aryl methyl sites for hydroxylation is 4. The molecule has 0 bridgehead atoms. The summed E-state index contributed by atoms with van der Waals surface area (Å²) in [6.45, 7) is 3.69. The minimum absolute atomic E-state index is 0.0832. The average Bonchev–Trinajstić information content (AvgIpc) is 3.09. The molecule has 1 aliphatic carbocycles. The summed E-state index contributed by atoms with van der Waals surface area (Å²) in [5.74, 6) is 0.122. The molecular formula is C21H24N2O3. The van der Waals surface area contributed by atoms with Crippen molar-refractivity contribution in [2.45, 2.75) is 33.1 Å². The maximum absolute atomic E-state index is 12.1. The van der Waals surface area contributed by atoms with Crippen LogP contribution >= 0.6 is 0 Å². The van der Waals surface area contributed by atoms with E-state index in [1.165, 1.54) is 17.5 Å². The van der Waals surface area contributed by atoms with Crippen molar-refractivity contribution in [2.75, 3.05) is 18.5 Å². The molecule has 2 aromatic rings. The van der Waals surface area contributed by atoms with Crippen LogP contribution < -0.4 is 15.4 Å². The molecule has 0 radical (unpaired) electrons. The molecule has 2 aromatic carbocycles. The first-order valence-corrected chi connectivity index (χ1v) is 8.90. The molecule has 0 fully saturated rings. The van der Waals surface area contributed by atoms with Crippen LogP contribution in [0, 0.1) is 13.8 Å². The van der Waals surface area contributed by atoms with Gasteiger partial charge in [0, 0.05) is 5.69 Å². The number of amides is 2. The SMILES string of the molecule is Cc1cccc(C)c1NC(=O)CNC(=O)COc1ccc2c(c1)CCC2. The van der Waals surface area contributed by atoms with Crippen LogP contribution in [0.15, 0.2) is 36.4 Å². The van der Waals surface area contributed by atoms with Crippen molar-refractivity contribution in [1.82, 2.24) is 5.32 Å². The van der Waals surface area contributed by atoms with Gasteiger partial charge < -0.3 is 15.4 Å². The summed E-state index contributed by atoms with van der Waals surface area (Å²) in [5.41, 5.74) is 5.44. The zero-order valence-corrected chi connectivity index (χ0v) is 15.2. The summed E-state index contributed by atoms with van der Waals surface area (Å²) in [6.07, 6.45) is 3.36. The van der Waals surface area contributed by atoms with Crippen LogP contribution in [0.4, 0.5) is 5.69 Å². The van der Waals surface area contributed by atoms with Crippen LogP contribution in [-0.2, 0) is 22.4 Å². The summed E-state index contributed by atoms with van der Waals surface area (Å²) in [5, 5.41) is 5.43. The highest BCUT2D eigenvalue weighted by atomic mass is 16.5. The van der Waals surface area contributed by atoms with E-state index in [4.69, 9.17) is 4.74 Å². The van der Waals surface area contributed by atoms with Crippen LogP contribution in [0.1, 0.15) is 28.7 Å². The van der Waals surface area contributed by atoms with E-state index >= 15 is 0 Å². The topological polar surface area (TPSA) is 67.4 Å². The predicted octanol–water partition coefficient (Wildman–Crippen LogP) is 2.93. The second kappa shape index (κ2) is 8.04. The molecule has 0 saturated carbocycles. The van der Waals surface area contributed by atoms with Gasteiger partial charge in [-0.1, -0.05) is 24.3 Å². The number of hydrogen-bond donors (Lipinski definition) is 2. The van der Waals surface area contributed by atoms with E-state index in [2.05, 4.69) is 16.7 Å². The van der Waals surface area contributed by atoms with E-state index in [1.807, 2.05) is 44.2 Å². The highest BCUT2D eigenvalue weighted by Gasteiger charge is 2.12. The van der Waals surface area contributed by atoms with Crippen LogP contribution in [0.25, 0.3) is 0 Å². The number of hydrogen-bond acceptors (Lipinski definition) is 3. The molecule has 0 heterocycles. The van der Waals surface area contributed by atoms with E-state index in [0.29, 0.717) is 5.75 Å². The lowest BCUT2D eigenvalue weighted by Crippen LogP contribution is -2.36. The number of para-hydroxylation sites is 1. The number of nitrogens with one attached hydrogen (secondary N) is 2. The maximum atomic E-state index is 12.1. The monoisotopic (exact) mass is 352 g/mol. The third-order valence-electron chi connectivity index (χ3n) is 4.63. The van der Waals surface area contributed by atoms with Gasteiger partial charge in [0.1, 0.15) is 5.75 Å². The lowest BCUT2D eigenvalue weighted by Gasteiger charge is -2.12. The molecule has 5 nitrogen and oxygen atoms in total. The molecule has 0 aromatic heterocycles. The molecule has 0 unspecified atom stereocenters. The molecule has 136 valence electrons. The first-order valence-electron chi connectivity index (χ1n) is 8.90. The highest BCUT2D eigenvalue weighted by molar-refractivity contribution is 5.95. The molecular weight excluding hydrogens is 328 g/mol. The molecule has 0 spiro atoms. The minimum atomic E-state index is -0.317. The molecule has 26 heavy (non-hydrogen) atoms. The van der Waals surface area contributed by atoms with Gasteiger partial charge in [0.05, 0.1) is 6.54 Å². The van der Waals surface area contributed by atoms with Crippen molar-refractivity contribution in [3.63, 3.8) is 0 Å². The van der Waals surface area contributed by atoms with Crippen molar-refractivity contribution in [1.29, 1.82) is 0 Å². The number of carbonyl (C=O) groups excluding carboxylic acids is 2. The first kappa shape index (κ1) is 18.0. The zero-order chi connectivity index (χ0) is 18.5. The van der Waals surface area contributed by atoms with E-state index in [9.17, 15) is 9.59 Å². The lowest BCUT2D eigenvalue weighted by atomic mass is 10.1. The average molecular weight is 352 g/mol. The largest absolute Gasteiger partial charge is 0.484 e. The molecule has 0 aliphatic heterocycles. The Labute approximate surface area is 153 Å². The predicted molar refractivity (Wildman–Crippen MR) is 102 cm³/mol. The smallest absolute Gasteiger partial charge is 0.258 e. The van der Waals surface area contributed by atoms with Crippen LogP contribution in [-0.4, -0.2) is 25.0 Å². The molecule has 0 atom stereocenters. The van der Waals surface area contributed by atoms with E-state index < -0.39 is 0 Å². The van der Waals surface area contributed by atoms with Gasteiger partial charge in [0.25, 0.3) is 5.91 Å². The zero-order valence-electron chi connectivity index (χ0n) is 15.2. The van der Waals surface area contributed by atoms with Crippen molar-refractivity contribution in [2.24, 2.45) is 0 Å². The van der Waals surface area contributed by atoms with Gasteiger partial charge in [-0.05, 0) is 67.5 Å². The van der Waals surface area contributed by atoms with Gasteiger partial charge in [0.2, 0.25) is 5.91 Å². The van der Waals surface area contributed by atoms with Crippen LogP contribution in [0.2, 0.25) is 0 Å². The minimum Gasteiger partial charge on any atom is -0.484 e. The van der Waals surface area contributed by atoms with Gasteiger partial charge in [-0.25, -0.2) is 0 Å². The van der Waals surface area contributed by atoms with Gasteiger partial charge >= 0.3 is 0 Å². The van der Waals surface area contributed by atoms with Crippen molar-refractivity contribution in [3.05, 3.63) is 58.7 Å². The van der Waals surface area contributed by atoms with E-state index in [0.717, 1.165) is 29.7 Å². The summed E-state index contributed by atoms with van der Waals surface area (Å²) < 4.78 is 5.54. The Bertz CT molecular complexity index is 810. The maximum Gasteiger partial charge on any atom is 0.258 e. The summed E-state index contributed by atoms with van der Waals surface area (Å²) in [7, 11) is 0. The third kappa shape index (κ3) is 4.42. The fourth-order valence-corrected chi connectivity index (χ4v) is 3.21. The Hall–Kier alpha value is -2.82. The van der Waals surface area contributed by atoms with E-state index in [-0.39, 0.29) is 25.0 Å². The molecule has 5 heteroatoms. The normalized spacial score (nSPS) is 12.4. The highest BCUT2D eigenvalue weighted by Crippen LogP contribution is 2.26. The summed E-state index contributed by atoms with van der Waals surface area (Å²) in [4.78, 5) is 24.0. The van der Waals surface area contributed by atoms with Gasteiger partial charge in [-0.15, -0.1) is 0 Å². The van der Waals surface area contributed by atoms with Crippen LogP contribution in [0.3, 0.4) is 0 Å². The van der Waals surface area contributed by atoms with Gasteiger partial charge in [0.15, 0.2) is 6.61 Å². The fourth-order valence-electron chi connectivity index (χ4n) is 3.21. The standard InChI is InChI=1S/C21H24N2O3/c1-14-5-3-6-15(2)21(14)23-19(24)12-22-20(25)13-26-18-10-9-16-7-4-8-17(16)11-18/h3,5-6,9-11H,4,7-8,12-13H2,1-2H3,(H,22,25)(H,23,24). The number of anilines is 1. The molecule has 3 rings (SSSR count).